The first-order valence-electron chi connectivity index (χ1n) is 21.5. The van der Waals surface area contributed by atoms with Gasteiger partial charge in [-0.2, -0.15) is 0 Å². The smallest absolute Gasteiger partial charge is 0.306 e. The van der Waals surface area contributed by atoms with Crippen molar-refractivity contribution in [1.82, 2.24) is 0 Å². The molecule has 0 aromatic heterocycles. The van der Waals surface area contributed by atoms with Gasteiger partial charge in [-0.05, 0) is 44.9 Å². The Labute approximate surface area is 310 Å². The lowest BCUT2D eigenvalue weighted by Crippen LogP contribution is -2.28. The highest BCUT2D eigenvalue weighted by Crippen LogP contribution is 2.15. The summed E-state index contributed by atoms with van der Waals surface area (Å²) in [5.41, 5.74) is 0. The van der Waals surface area contributed by atoms with E-state index in [4.69, 9.17) is 9.47 Å². The van der Waals surface area contributed by atoms with Crippen molar-refractivity contribution in [2.45, 2.75) is 225 Å². The molecule has 50 heavy (non-hydrogen) atoms. The number of carbonyl (C=O) groups excluding carboxylic acids is 2. The Hall–Kier alpha value is -1.88. The van der Waals surface area contributed by atoms with Gasteiger partial charge in [-0.1, -0.05) is 198 Å². The van der Waals surface area contributed by atoms with E-state index in [1.165, 1.54) is 148 Å². The zero-order valence-electron chi connectivity index (χ0n) is 33.2. The predicted octanol–water partition coefficient (Wildman–Crippen LogP) is 13.6. The van der Waals surface area contributed by atoms with E-state index in [9.17, 15) is 14.7 Å². The van der Waals surface area contributed by atoms with Gasteiger partial charge in [-0.15, -0.1) is 0 Å². The van der Waals surface area contributed by atoms with Gasteiger partial charge in [-0.25, -0.2) is 0 Å². The molecule has 0 radical (unpaired) electrons. The van der Waals surface area contributed by atoms with Gasteiger partial charge in [0.15, 0.2) is 6.10 Å². The normalized spacial score (nSPS) is 12.5. The Morgan fingerprint density at radius 1 is 0.460 bits per heavy atom. The van der Waals surface area contributed by atoms with Crippen LogP contribution in [0.1, 0.15) is 219 Å². The number of esters is 2. The molecular formula is C45H82O5. The van der Waals surface area contributed by atoms with E-state index in [0.717, 1.165) is 38.5 Å². The monoisotopic (exact) mass is 703 g/mol. The highest BCUT2D eigenvalue weighted by Gasteiger charge is 2.16. The highest BCUT2D eigenvalue weighted by atomic mass is 16.6. The van der Waals surface area contributed by atoms with Crippen molar-refractivity contribution in [3.8, 4) is 0 Å². The summed E-state index contributed by atoms with van der Waals surface area (Å²) in [7, 11) is 0. The van der Waals surface area contributed by atoms with Crippen molar-refractivity contribution in [2.75, 3.05) is 13.2 Å². The Morgan fingerprint density at radius 3 is 1.26 bits per heavy atom. The predicted molar refractivity (Wildman–Crippen MR) is 214 cm³/mol. The molecule has 0 rings (SSSR count). The van der Waals surface area contributed by atoms with E-state index in [2.05, 4.69) is 50.3 Å². The van der Waals surface area contributed by atoms with E-state index in [0.29, 0.717) is 12.8 Å². The van der Waals surface area contributed by atoms with Crippen LogP contribution in [0.25, 0.3) is 0 Å². The molecule has 0 amide bonds. The average molecular weight is 703 g/mol. The minimum Gasteiger partial charge on any atom is -0.462 e. The van der Waals surface area contributed by atoms with Crippen LogP contribution in [-0.4, -0.2) is 36.4 Å². The number of allylic oxidation sites excluding steroid dienone is 6. The number of aliphatic hydroxyl groups is 1. The fourth-order valence-corrected chi connectivity index (χ4v) is 6.16. The number of hydrogen-bond donors (Lipinski definition) is 1. The number of carbonyl (C=O) groups is 2. The van der Waals surface area contributed by atoms with Gasteiger partial charge < -0.3 is 14.6 Å². The molecule has 0 saturated carbocycles. The molecule has 5 nitrogen and oxygen atoms in total. The summed E-state index contributed by atoms with van der Waals surface area (Å²) in [6.07, 6.45) is 50.8. The molecule has 0 unspecified atom stereocenters. The molecule has 0 aromatic rings. The maximum atomic E-state index is 12.2. The van der Waals surface area contributed by atoms with Crippen LogP contribution in [0.2, 0.25) is 0 Å². The van der Waals surface area contributed by atoms with Gasteiger partial charge in [0, 0.05) is 12.8 Å². The molecule has 0 spiro atoms. The Bertz CT molecular complexity index is 801. The molecule has 0 saturated heterocycles. The zero-order chi connectivity index (χ0) is 36.4. The third-order valence-corrected chi connectivity index (χ3v) is 9.44. The molecule has 0 aliphatic carbocycles. The second kappa shape index (κ2) is 41.5. The number of aliphatic hydroxyl groups excluding tert-OH is 1. The van der Waals surface area contributed by atoms with Crippen LogP contribution in [0.4, 0.5) is 0 Å². The summed E-state index contributed by atoms with van der Waals surface area (Å²) in [5.74, 6) is -0.644. The Morgan fingerprint density at radius 2 is 0.820 bits per heavy atom. The van der Waals surface area contributed by atoms with Crippen molar-refractivity contribution in [3.63, 3.8) is 0 Å². The second-order valence-electron chi connectivity index (χ2n) is 14.4. The van der Waals surface area contributed by atoms with Gasteiger partial charge in [0.2, 0.25) is 0 Å². The number of rotatable bonds is 39. The fourth-order valence-electron chi connectivity index (χ4n) is 6.16. The van der Waals surface area contributed by atoms with Crippen molar-refractivity contribution in [1.29, 1.82) is 0 Å². The first kappa shape index (κ1) is 48.1. The van der Waals surface area contributed by atoms with Gasteiger partial charge in [0.05, 0.1) is 6.61 Å². The molecule has 0 heterocycles. The third kappa shape index (κ3) is 38.9. The van der Waals surface area contributed by atoms with Crippen LogP contribution in [-0.2, 0) is 19.1 Å². The summed E-state index contributed by atoms with van der Waals surface area (Å²) in [4.78, 5) is 24.3. The Kier molecular flexibility index (Phi) is 40.0. The lowest BCUT2D eigenvalue weighted by molar-refractivity contribution is -0.161. The molecule has 0 aromatic carbocycles. The number of ether oxygens (including phenoxy) is 2. The molecule has 292 valence electrons. The summed E-state index contributed by atoms with van der Waals surface area (Å²) in [6.45, 7) is 4.11. The van der Waals surface area contributed by atoms with Gasteiger partial charge >= 0.3 is 11.9 Å². The summed E-state index contributed by atoms with van der Waals surface area (Å²) in [5, 5.41) is 9.56. The summed E-state index contributed by atoms with van der Waals surface area (Å²) < 4.78 is 10.6. The first-order valence-corrected chi connectivity index (χ1v) is 21.5. The van der Waals surface area contributed by atoms with Crippen LogP contribution in [0.5, 0.6) is 0 Å². The highest BCUT2D eigenvalue weighted by molar-refractivity contribution is 5.70. The summed E-state index contributed by atoms with van der Waals surface area (Å²) >= 11 is 0. The van der Waals surface area contributed by atoms with Crippen LogP contribution < -0.4 is 0 Å². The van der Waals surface area contributed by atoms with Crippen molar-refractivity contribution in [2.24, 2.45) is 0 Å². The molecule has 5 heteroatoms. The largest absolute Gasteiger partial charge is 0.462 e. The van der Waals surface area contributed by atoms with Crippen molar-refractivity contribution in [3.05, 3.63) is 36.5 Å². The first-order chi connectivity index (χ1) is 24.6. The number of unbranched alkanes of at least 4 members (excludes halogenated alkanes) is 25. The second-order valence-corrected chi connectivity index (χ2v) is 14.4. The lowest BCUT2D eigenvalue weighted by atomic mass is 10.0. The van der Waals surface area contributed by atoms with E-state index < -0.39 is 6.10 Å². The van der Waals surface area contributed by atoms with Crippen molar-refractivity contribution < 1.29 is 24.2 Å². The molecular weight excluding hydrogens is 620 g/mol. The summed E-state index contributed by atoms with van der Waals surface area (Å²) in [6, 6.07) is 0. The Balaban J connectivity index is 3.58. The van der Waals surface area contributed by atoms with Gasteiger partial charge in [0.25, 0.3) is 0 Å². The van der Waals surface area contributed by atoms with E-state index >= 15 is 0 Å². The van der Waals surface area contributed by atoms with Gasteiger partial charge in [0.1, 0.15) is 6.61 Å². The molecule has 1 N–H and O–H groups in total. The van der Waals surface area contributed by atoms with E-state index in [-0.39, 0.29) is 31.6 Å². The van der Waals surface area contributed by atoms with Crippen LogP contribution >= 0.6 is 0 Å². The van der Waals surface area contributed by atoms with Crippen molar-refractivity contribution >= 4 is 11.9 Å². The van der Waals surface area contributed by atoms with E-state index in [1.807, 2.05) is 0 Å². The fraction of sp³-hybridized carbons (Fsp3) is 0.822. The standard InChI is InChI=1S/C45H82O5/c1-3-5-7-9-11-13-15-17-19-21-22-24-25-27-29-31-33-35-37-39-44(47)49-42-43(41-46)50-45(48)40-38-36-34-32-30-28-26-23-20-18-16-14-12-10-8-6-4-2/h18,20,26,28,32,34,43,46H,3-17,19,21-25,27,29-31,33,35-42H2,1-2H3/b20-18-,28-26-,34-32-/t43-/m0/s1. The number of hydrogen-bond acceptors (Lipinski definition) is 5. The molecule has 1 atom stereocenters. The quantitative estimate of drug-likeness (QED) is 0.0392. The topological polar surface area (TPSA) is 72.8 Å². The van der Waals surface area contributed by atoms with Crippen LogP contribution in [0, 0.1) is 0 Å². The minimum absolute atomic E-state index is 0.0827. The minimum atomic E-state index is -0.794. The SMILES string of the molecule is CCCCCCCC/C=C\C/C=C\C/C=C\CCCC(=O)O[C@@H](CO)COC(=O)CCCCCCCCCCCCCCCCCCCCC. The van der Waals surface area contributed by atoms with E-state index in [1.54, 1.807) is 0 Å². The third-order valence-electron chi connectivity index (χ3n) is 9.44. The lowest BCUT2D eigenvalue weighted by Gasteiger charge is -2.15. The molecule has 0 bridgehead atoms. The molecule has 0 fully saturated rings. The molecule has 0 aliphatic rings. The average Bonchev–Trinajstić information content (AvgIpc) is 3.12. The van der Waals surface area contributed by atoms with Crippen LogP contribution in [0.15, 0.2) is 36.5 Å². The maximum Gasteiger partial charge on any atom is 0.306 e. The van der Waals surface area contributed by atoms with Crippen LogP contribution in [0.3, 0.4) is 0 Å². The maximum absolute atomic E-state index is 12.2. The molecule has 0 aliphatic heterocycles. The van der Waals surface area contributed by atoms with Gasteiger partial charge in [-0.3, -0.25) is 9.59 Å². The zero-order valence-corrected chi connectivity index (χ0v) is 33.2.